The van der Waals surface area contributed by atoms with Crippen LogP contribution in [0.2, 0.25) is 0 Å². The zero-order valence-electron chi connectivity index (χ0n) is 9.10. The highest BCUT2D eigenvalue weighted by molar-refractivity contribution is 7.08. The van der Waals surface area contributed by atoms with Crippen molar-refractivity contribution in [3.05, 3.63) is 35.0 Å². The lowest BCUT2D eigenvalue weighted by Crippen LogP contribution is -2.06. The molecule has 0 bridgehead atoms. The third-order valence-electron chi connectivity index (χ3n) is 2.10. The van der Waals surface area contributed by atoms with Gasteiger partial charge in [0.15, 0.2) is 4.88 Å². The van der Waals surface area contributed by atoms with E-state index in [1.807, 2.05) is 0 Å². The molecule has 0 fully saturated rings. The fourth-order valence-corrected chi connectivity index (χ4v) is 1.98. The van der Waals surface area contributed by atoms with Crippen molar-refractivity contribution in [2.24, 2.45) is 0 Å². The number of rotatable bonds is 4. The molecule has 2 rings (SSSR count). The third kappa shape index (κ3) is 2.83. The minimum Gasteiger partial charge on any atom is -0.460 e. The number of esters is 1. The lowest BCUT2D eigenvalue weighted by atomic mass is 10.1. The zero-order valence-corrected chi connectivity index (χ0v) is 10.7. The fourth-order valence-electron chi connectivity index (χ4n) is 1.32. The summed E-state index contributed by atoms with van der Waals surface area (Å²) in [5, 5.41) is 3.86. The molecule has 1 aromatic carbocycles. The Morgan fingerprint density at radius 1 is 1.39 bits per heavy atom. The van der Waals surface area contributed by atoms with Crippen molar-refractivity contribution < 1.29 is 13.9 Å². The predicted molar refractivity (Wildman–Crippen MR) is 66.3 cm³/mol. The predicted octanol–water partition coefficient (Wildman–Crippen LogP) is 2.74. The topological polar surface area (TPSA) is 52.1 Å². The summed E-state index contributed by atoms with van der Waals surface area (Å²) in [6, 6.07) is 5.65. The second kappa shape index (κ2) is 5.88. The van der Waals surface area contributed by atoms with E-state index in [4.69, 9.17) is 16.3 Å². The van der Waals surface area contributed by atoms with E-state index < -0.39 is 5.97 Å². The second-order valence-corrected chi connectivity index (χ2v) is 4.41. The molecule has 0 amide bonds. The largest absolute Gasteiger partial charge is 0.460 e. The Kier molecular flexibility index (Phi) is 4.22. The van der Waals surface area contributed by atoms with Crippen molar-refractivity contribution in [2.45, 2.75) is 0 Å². The number of benzene rings is 1. The molecule has 4 nitrogen and oxygen atoms in total. The van der Waals surface area contributed by atoms with Gasteiger partial charge in [0.2, 0.25) is 0 Å². The standard InChI is InChI=1S/C11H8ClFN2O2S/c12-5-6-17-11(16)10-9(14-15-18-10)7-1-3-8(13)4-2-7/h1-4H,5-6H2. The molecule has 0 aliphatic heterocycles. The van der Waals surface area contributed by atoms with Crippen molar-refractivity contribution in [2.75, 3.05) is 12.5 Å². The van der Waals surface area contributed by atoms with Crippen molar-refractivity contribution in [1.29, 1.82) is 0 Å². The molecular weight excluding hydrogens is 279 g/mol. The van der Waals surface area contributed by atoms with Crippen molar-refractivity contribution in [1.82, 2.24) is 9.59 Å². The van der Waals surface area contributed by atoms with E-state index in [0.29, 0.717) is 11.3 Å². The summed E-state index contributed by atoms with van der Waals surface area (Å²) in [5.41, 5.74) is 1.00. The Balaban J connectivity index is 2.27. The summed E-state index contributed by atoms with van der Waals surface area (Å²) in [6.45, 7) is 0.126. The SMILES string of the molecule is O=C(OCCCl)c1snnc1-c1ccc(F)cc1. The molecule has 1 aromatic heterocycles. The van der Waals surface area contributed by atoms with Gasteiger partial charge in [0.25, 0.3) is 0 Å². The van der Waals surface area contributed by atoms with Crippen LogP contribution in [0.5, 0.6) is 0 Å². The molecule has 0 spiro atoms. The molecule has 0 aliphatic rings. The van der Waals surface area contributed by atoms with Gasteiger partial charge in [-0.3, -0.25) is 0 Å². The van der Waals surface area contributed by atoms with Crippen LogP contribution in [-0.2, 0) is 4.74 Å². The molecular formula is C11H8ClFN2O2S. The Morgan fingerprint density at radius 2 is 2.11 bits per heavy atom. The number of halogens is 2. The van der Waals surface area contributed by atoms with E-state index in [9.17, 15) is 9.18 Å². The third-order valence-corrected chi connectivity index (χ3v) is 2.96. The molecule has 0 atom stereocenters. The molecule has 0 saturated heterocycles. The first-order valence-electron chi connectivity index (χ1n) is 5.03. The second-order valence-electron chi connectivity index (χ2n) is 3.28. The number of carbonyl (C=O) groups excluding carboxylic acids is 1. The van der Waals surface area contributed by atoms with Gasteiger partial charge in [-0.15, -0.1) is 16.7 Å². The molecule has 0 unspecified atom stereocenters. The number of hydrogen-bond acceptors (Lipinski definition) is 5. The van der Waals surface area contributed by atoms with Gasteiger partial charge in [0.05, 0.1) is 5.88 Å². The number of alkyl halides is 1. The number of nitrogens with zero attached hydrogens (tertiary/aromatic N) is 2. The molecule has 1 heterocycles. The van der Waals surface area contributed by atoms with Gasteiger partial charge in [-0.25, -0.2) is 9.18 Å². The molecule has 18 heavy (non-hydrogen) atoms. The van der Waals surface area contributed by atoms with Crippen molar-refractivity contribution >= 4 is 29.1 Å². The summed E-state index contributed by atoms with van der Waals surface area (Å²) in [4.78, 5) is 12.0. The lowest BCUT2D eigenvalue weighted by Gasteiger charge is -2.02. The number of hydrogen-bond donors (Lipinski definition) is 0. The van der Waals surface area contributed by atoms with Gasteiger partial charge >= 0.3 is 5.97 Å². The summed E-state index contributed by atoms with van der Waals surface area (Å²) < 4.78 is 21.4. The first-order valence-corrected chi connectivity index (χ1v) is 6.34. The molecule has 0 radical (unpaired) electrons. The summed E-state index contributed by atoms with van der Waals surface area (Å²) in [6.07, 6.45) is 0. The van der Waals surface area contributed by atoms with Crippen LogP contribution in [0.15, 0.2) is 24.3 Å². The zero-order chi connectivity index (χ0) is 13.0. The fraction of sp³-hybridized carbons (Fsp3) is 0.182. The average molecular weight is 287 g/mol. The van der Waals surface area contributed by atoms with Gasteiger partial charge in [-0.05, 0) is 35.8 Å². The normalized spacial score (nSPS) is 10.3. The van der Waals surface area contributed by atoms with Gasteiger partial charge < -0.3 is 4.74 Å². The minimum absolute atomic E-state index is 0.126. The van der Waals surface area contributed by atoms with E-state index >= 15 is 0 Å². The Hall–Kier alpha value is -1.53. The van der Waals surface area contributed by atoms with E-state index in [-0.39, 0.29) is 23.2 Å². The van der Waals surface area contributed by atoms with Crippen LogP contribution in [0.3, 0.4) is 0 Å². The average Bonchev–Trinajstić information content (AvgIpc) is 2.86. The Bertz CT molecular complexity index is 544. The van der Waals surface area contributed by atoms with Crippen LogP contribution in [0.1, 0.15) is 9.67 Å². The maximum atomic E-state index is 12.8. The van der Waals surface area contributed by atoms with Crippen LogP contribution >= 0.6 is 23.1 Å². The molecule has 7 heteroatoms. The van der Waals surface area contributed by atoms with Gasteiger partial charge in [-0.1, -0.05) is 4.49 Å². The number of aromatic nitrogens is 2. The first-order chi connectivity index (χ1) is 8.72. The Morgan fingerprint density at radius 3 is 2.78 bits per heavy atom. The summed E-state index contributed by atoms with van der Waals surface area (Å²) in [5.74, 6) is -0.651. The first kappa shape index (κ1) is 12.9. The maximum Gasteiger partial charge on any atom is 0.352 e. The van der Waals surface area contributed by atoms with Crippen LogP contribution in [0.4, 0.5) is 4.39 Å². The molecule has 2 aromatic rings. The molecule has 0 saturated carbocycles. The van der Waals surface area contributed by atoms with Crippen molar-refractivity contribution in [3.63, 3.8) is 0 Å². The van der Waals surface area contributed by atoms with E-state index in [1.165, 1.54) is 24.3 Å². The molecule has 0 N–H and O–H groups in total. The highest BCUT2D eigenvalue weighted by atomic mass is 35.5. The lowest BCUT2D eigenvalue weighted by molar-refractivity contribution is 0.0535. The highest BCUT2D eigenvalue weighted by Gasteiger charge is 2.18. The van der Waals surface area contributed by atoms with Crippen molar-refractivity contribution in [3.8, 4) is 11.3 Å². The van der Waals surface area contributed by atoms with E-state index in [0.717, 1.165) is 11.5 Å². The summed E-state index contributed by atoms with van der Waals surface area (Å²) in [7, 11) is 0. The Labute approximate surface area is 112 Å². The van der Waals surface area contributed by atoms with Gasteiger partial charge in [0.1, 0.15) is 18.1 Å². The molecule has 94 valence electrons. The van der Waals surface area contributed by atoms with Crippen LogP contribution < -0.4 is 0 Å². The van der Waals surface area contributed by atoms with Gasteiger partial charge in [-0.2, -0.15) is 0 Å². The van der Waals surface area contributed by atoms with E-state index in [2.05, 4.69) is 9.59 Å². The van der Waals surface area contributed by atoms with Gasteiger partial charge in [0, 0.05) is 5.56 Å². The van der Waals surface area contributed by atoms with Crippen LogP contribution in [0.25, 0.3) is 11.3 Å². The minimum atomic E-state index is -0.523. The number of carbonyl (C=O) groups is 1. The molecule has 0 aliphatic carbocycles. The van der Waals surface area contributed by atoms with E-state index in [1.54, 1.807) is 0 Å². The quantitative estimate of drug-likeness (QED) is 0.640. The summed E-state index contributed by atoms with van der Waals surface area (Å²) >= 11 is 6.37. The van der Waals surface area contributed by atoms with Crippen LogP contribution in [-0.4, -0.2) is 28.0 Å². The number of ether oxygens (including phenoxy) is 1. The maximum absolute atomic E-state index is 12.8. The highest BCUT2D eigenvalue weighted by Crippen LogP contribution is 2.24. The smallest absolute Gasteiger partial charge is 0.352 e. The monoisotopic (exact) mass is 286 g/mol. The van der Waals surface area contributed by atoms with Crippen LogP contribution in [0, 0.1) is 5.82 Å².